The van der Waals surface area contributed by atoms with Crippen LogP contribution in [0.15, 0.2) is 40.8 Å². The summed E-state index contributed by atoms with van der Waals surface area (Å²) in [5.41, 5.74) is 1.12. The first kappa shape index (κ1) is 27.0. The molecule has 2 aromatic carbocycles. The smallest absolute Gasteiger partial charge is 0.716 e. The Labute approximate surface area is 214 Å². The fourth-order valence-corrected chi connectivity index (χ4v) is 3.42. The molecule has 33 heavy (non-hydrogen) atoms. The zero-order valence-corrected chi connectivity index (χ0v) is 21.9. The maximum absolute atomic E-state index is 12.3. The summed E-state index contributed by atoms with van der Waals surface area (Å²) in [6, 6.07) is 9.71. The van der Waals surface area contributed by atoms with Crippen molar-refractivity contribution in [3.05, 3.63) is 53.3 Å². The number of esters is 1. The Morgan fingerprint density at radius 1 is 1.12 bits per heavy atom. The summed E-state index contributed by atoms with van der Waals surface area (Å²) in [6.45, 7) is 7.25. The van der Waals surface area contributed by atoms with Crippen molar-refractivity contribution in [1.29, 1.82) is 0 Å². The number of ether oxygens (including phenoxy) is 3. The molecule has 0 spiro atoms. The van der Waals surface area contributed by atoms with E-state index in [2.05, 4.69) is 4.18 Å². The SMILES string of the molecule is CCOC(=O)c1c(C)oc2cc(OCc3ccc(OC(C)C)cc3)c(OS(=O)(=O)[O-])cc12.[Na+]. The molecule has 3 aromatic rings. The van der Waals surface area contributed by atoms with Gasteiger partial charge in [-0.15, -0.1) is 0 Å². The van der Waals surface area contributed by atoms with Crippen LogP contribution in [-0.4, -0.2) is 31.7 Å². The van der Waals surface area contributed by atoms with Crippen molar-refractivity contribution < 1.29 is 70.1 Å². The van der Waals surface area contributed by atoms with Gasteiger partial charge in [-0.1, -0.05) is 12.1 Å². The third-order valence-corrected chi connectivity index (χ3v) is 4.67. The molecular weight excluding hydrogens is 463 g/mol. The van der Waals surface area contributed by atoms with Crippen LogP contribution < -0.4 is 43.2 Å². The van der Waals surface area contributed by atoms with Gasteiger partial charge in [-0.25, -0.2) is 13.2 Å². The van der Waals surface area contributed by atoms with E-state index in [0.29, 0.717) is 5.75 Å². The molecule has 0 saturated heterocycles. The molecule has 0 aliphatic heterocycles. The molecule has 0 fully saturated rings. The molecule has 0 radical (unpaired) electrons. The molecule has 0 bridgehead atoms. The van der Waals surface area contributed by atoms with Crippen LogP contribution in [0.3, 0.4) is 0 Å². The summed E-state index contributed by atoms with van der Waals surface area (Å²) in [5, 5.41) is 0.238. The molecule has 0 aliphatic carbocycles. The molecule has 3 rings (SSSR count). The normalized spacial score (nSPS) is 11.2. The maximum Gasteiger partial charge on any atom is 1.00 e. The molecule has 0 saturated carbocycles. The predicted molar refractivity (Wildman–Crippen MR) is 114 cm³/mol. The number of furan rings is 1. The monoisotopic (exact) mass is 486 g/mol. The van der Waals surface area contributed by atoms with E-state index >= 15 is 0 Å². The maximum atomic E-state index is 12.3. The average Bonchev–Trinajstić information content (AvgIpc) is 3.00. The zero-order valence-electron chi connectivity index (χ0n) is 19.0. The zero-order chi connectivity index (χ0) is 23.5. The molecule has 0 unspecified atom stereocenters. The summed E-state index contributed by atoms with van der Waals surface area (Å²) in [7, 11) is -5.10. The van der Waals surface area contributed by atoms with E-state index in [1.54, 1.807) is 38.1 Å². The second-order valence-corrected chi connectivity index (χ2v) is 8.12. The minimum Gasteiger partial charge on any atom is -0.716 e. The van der Waals surface area contributed by atoms with Gasteiger partial charge < -0.3 is 27.4 Å². The second kappa shape index (κ2) is 11.3. The quantitative estimate of drug-likeness (QED) is 0.189. The van der Waals surface area contributed by atoms with Gasteiger partial charge in [0.15, 0.2) is 11.5 Å². The predicted octanol–water partition coefficient (Wildman–Crippen LogP) is 1.13. The largest absolute Gasteiger partial charge is 1.00 e. The van der Waals surface area contributed by atoms with Crippen LogP contribution in [0, 0.1) is 6.92 Å². The molecule has 11 heteroatoms. The molecule has 1 aromatic heterocycles. The fraction of sp³-hybridized carbons (Fsp3) is 0.318. The number of rotatable bonds is 9. The van der Waals surface area contributed by atoms with Crippen LogP contribution in [0.5, 0.6) is 17.2 Å². The van der Waals surface area contributed by atoms with E-state index in [1.165, 1.54) is 12.1 Å². The van der Waals surface area contributed by atoms with E-state index in [1.807, 2.05) is 13.8 Å². The van der Waals surface area contributed by atoms with Crippen molar-refractivity contribution in [3.63, 3.8) is 0 Å². The summed E-state index contributed by atoms with van der Waals surface area (Å²) in [6.07, 6.45) is 0.0360. The number of hydrogen-bond acceptors (Lipinski definition) is 9. The van der Waals surface area contributed by atoms with Crippen molar-refractivity contribution >= 4 is 27.3 Å². The summed E-state index contributed by atoms with van der Waals surface area (Å²) < 4.78 is 60.3. The number of benzene rings is 2. The van der Waals surface area contributed by atoms with E-state index < -0.39 is 16.4 Å². The first-order chi connectivity index (χ1) is 15.1. The summed E-state index contributed by atoms with van der Waals surface area (Å²) >= 11 is 0. The van der Waals surface area contributed by atoms with Gasteiger partial charge in [0.2, 0.25) is 0 Å². The standard InChI is InChI=1S/C22H24O9S.Na/c1-5-27-22(23)21-14(4)30-18-11-19(20(10-17(18)21)31-32(24,25)26)28-12-15-6-8-16(9-7-15)29-13(2)3;/h6-11,13H,5,12H2,1-4H3,(H,24,25,26);/q;+1/p-1. The van der Waals surface area contributed by atoms with Gasteiger partial charge in [0.25, 0.3) is 10.4 Å². The van der Waals surface area contributed by atoms with Gasteiger partial charge >= 0.3 is 35.5 Å². The third-order valence-electron chi connectivity index (χ3n) is 4.29. The van der Waals surface area contributed by atoms with E-state index in [4.69, 9.17) is 18.6 Å². The van der Waals surface area contributed by atoms with Crippen molar-refractivity contribution in [1.82, 2.24) is 0 Å². The van der Waals surface area contributed by atoms with E-state index in [9.17, 15) is 17.8 Å². The Morgan fingerprint density at radius 2 is 1.79 bits per heavy atom. The Morgan fingerprint density at radius 3 is 2.36 bits per heavy atom. The topological polar surface area (TPSA) is 124 Å². The summed E-state index contributed by atoms with van der Waals surface area (Å²) in [4.78, 5) is 12.3. The molecule has 0 amide bonds. The van der Waals surface area contributed by atoms with Crippen LogP contribution in [0.2, 0.25) is 0 Å². The van der Waals surface area contributed by atoms with Crippen molar-refractivity contribution in [3.8, 4) is 17.2 Å². The Hall–Kier alpha value is -2.24. The fourth-order valence-electron chi connectivity index (χ4n) is 3.07. The number of aryl methyl sites for hydroxylation is 1. The van der Waals surface area contributed by atoms with Crippen LogP contribution in [0.25, 0.3) is 11.0 Å². The van der Waals surface area contributed by atoms with Gasteiger partial charge in [0.1, 0.15) is 29.3 Å². The molecule has 0 aliphatic rings. The minimum absolute atomic E-state index is 0. The Balaban J connectivity index is 0.00000385. The van der Waals surface area contributed by atoms with Gasteiger partial charge in [-0.2, -0.15) is 0 Å². The van der Waals surface area contributed by atoms with Crippen LogP contribution >= 0.6 is 0 Å². The van der Waals surface area contributed by atoms with Gasteiger partial charge in [0, 0.05) is 11.5 Å². The molecule has 1 heterocycles. The number of carbonyl (C=O) groups is 1. The van der Waals surface area contributed by atoms with E-state index in [0.717, 1.165) is 5.56 Å². The van der Waals surface area contributed by atoms with Crippen LogP contribution in [-0.2, 0) is 21.7 Å². The van der Waals surface area contributed by atoms with Crippen molar-refractivity contribution in [2.24, 2.45) is 0 Å². The first-order valence-corrected chi connectivity index (χ1v) is 11.2. The van der Waals surface area contributed by atoms with Crippen molar-refractivity contribution in [2.75, 3.05) is 6.61 Å². The molecule has 172 valence electrons. The number of hydrogen-bond donors (Lipinski definition) is 0. The Kier molecular flexibility index (Phi) is 9.21. The van der Waals surface area contributed by atoms with Gasteiger partial charge in [-0.3, -0.25) is 0 Å². The van der Waals surface area contributed by atoms with Crippen molar-refractivity contribution in [2.45, 2.75) is 40.4 Å². The summed E-state index contributed by atoms with van der Waals surface area (Å²) in [5.74, 6) is -0.0734. The number of fused-ring (bicyclic) bond motifs is 1. The van der Waals surface area contributed by atoms with Gasteiger partial charge in [0.05, 0.1) is 12.7 Å². The van der Waals surface area contributed by atoms with Crippen LogP contribution in [0.1, 0.15) is 42.5 Å². The van der Waals surface area contributed by atoms with E-state index in [-0.39, 0.29) is 82.7 Å². The first-order valence-electron chi connectivity index (χ1n) is 9.85. The minimum atomic E-state index is -5.10. The van der Waals surface area contributed by atoms with Gasteiger partial charge in [-0.05, 0) is 51.5 Å². The Bertz CT molecular complexity index is 1210. The molecule has 0 N–H and O–H groups in total. The number of carbonyl (C=O) groups excluding carboxylic acids is 1. The molecular formula is C22H23NaO9S. The molecule has 9 nitrogen and oxygen atoms in total. The third kappa shape index (κ3) is 7.12. The average molecular weight is 486 g/mol. The second-order valence-electron chi connectivity index (χ2n) is 7.14. The molecule has 0 atom stereocenters. The van der Waals surface area contributed by atoms with Crippen LogP contribution in [0.4, 0.5) is 0 Å².